The van der Waals surface area contributed by atoms with Gasteiger partial charge >= 0.3 is 6.18 Å². The van der Waals surface area contributed by atoms with Crippen LogP contribution in [0, 0.1) is 6.92 Å². The first-order valence-corrected chi connectivity index (χ1v) is 11.1. The average Bonchev–Trinajstić information content (AvgIpc) is 2.77. The lowest BCUT2D eigenvalue weighted by atomic mass is 10.1. The third-order valence-corrected chi connectivity index (χ3v) is 5.63. The van der Waals surface area contributed by atoms with Crippen molar-refractivity contribution in [2.75, 3.05) is 18.4 Å². The first kappa shape index (κ1) is 24.6. The van der Waals surface area contributed by atoms with Crippen molar-refractivity contribution >= 4 is 22.8 Å². The van der Waals surface area contributed by atoms with Gasteiger partial charge in [0.25, 0.3) is 11.5 Å². The molecule has 1 aliphatic heterocycles. The molecule has 1 fully saturated rings. The number of H-pyrrole nitrogens is 1. The first-order valence-electron chi connectivity index (χ1n) is 11.1. The fraction of sp³-hybridized carbons (Fsp3) is 0.435. The van der Waals surface area contributed by atoms with Crippen LogP contribution in [0.3, 0.4) is 0 Å². The monoisotopic (exact) mass is 490 g/mol. The summed E-state index contributed by atoms with van der Waals surface area (Å²) in [5.74, 6) is 0.247. The fourth-order valence-corrected chi connectivity index (χ4v) is 4.18. The van der Waals surface area contributed by atoms with Crippen molar-refractivity contribution in [3.05, 3.63) is 57.4 Å². The highest BCUT2D eigenvalue weighted by atomic mass is 19.4. The predicted octanol–water partition coefficient (Wildman–Crippen LogP) is 3.46. The van der Waals surface area contributed by atoms with Gasteiger partial charge in [0.05, 0.1) is 40.6 Å². The summed E-state index contributed by atoms with van der Waals surface area (Å²) in [6, 6.07) is 2.96. The van der Waals surface area contributed by atoms with Crippen LogP contribution in [0.1, 0.15) is 54.3 Å². The molecule has 1 aliphatic rings. The molecule has 1 unspecified atom stereocenters. The topological polar surface area (TPSA) is 113 Å². The second kappa shape index (κ2) is 9.25. The smallest absolute Gasteiger partial charge is 0.372 e. The van der Waals surface area contributed by atoms with Gasteiger partial charge in [0, 0.05) is 19.3 Å². The van der Waals surface area contributed by atoms with Crippen LogP contribution >= 0.6 is 0 Å². The van der Waals surface area contributed by atoms with Crippen LogP contribution < -0.4 is 10.9 Å². The Kier molecular flexibility index (Phi) is 6.50. The van der Waals surface area contributed by atoms with E-state index in [9.17, 15) is 22.8 Å². The van der Waals surface area contributed by atoms with Crippen molar-refractivity contribution in [1.29, 1.82) is 0 Å². The Hall–Kier alpha value is -3.54. The Morgan fingerprint density at radius 3 is 2.51 bits per heavy atom. The van der Waals surface area contributed by atoms with Gasteiger partial charge in [-0.3, -0.25) is 9.59 Å². The summed E-state index contributed by atoms with van der Waals surface area (Å²) in [7, 11) is 0. The molecule has 0 aliphatic carbocycles. The van der Waals surface area contributed by atoms with Crippen molar-refractivity contribution in [1.82, 2.24) is 24.8 Å². The summed E-state index contributed by atoms with van der Waals surface area (Å²) < 4.78 is 47.1. The zero-order valence-electron chi connectivity index (χ0n) is 19.6. The first-order chi connectivity index (χ1) is 16.4. The van der Waals surface area contributed by atoms with Crippen LogP contribution in [0.5, 0.6) is 0 Å². The molecule has 3 aromatic heterocycles. The van der Waals surface area contributed by atoms with Crippen molar-refractivity contribution in [3.8, 4) is 0 Å². The molecule has 4 rings (SSSR count). The van der Waals surface area contributed by atoms with Gasteiger partial charge in [-0.05, 0) is 45.9 Å². The number of aromatic nitrogens is 4. The molecule has 2 N–H and O–H groups in total. The number of nitrogens with one attached hydrogen (secondary N) is 2. The maximum Gasteiger partial charge on any atom is 0.418 e. The number of morpholine rings is 1. The van der Waals surface area contributed by atoms with Gasteiger partial charge in [-0.25, -0.2) is 15.0 Å². The molecule has 0 saturated carbocycles. The van der Waals surface area contributed by atoms with Gasteiger partial charge in [0.1, 0.15) is 11.6 Å². The normalized spacial score (nSPS) is 19.6. The molecule has 35 heavy (non-hydrogen) atoms. The Bertz CT molecular complexity index is 1300. The average molecular weight is 490 g/mol. The molecular formula is C23H25F3N6O3. The van der Waals surface area contributed by atoms with E-state index in [1.165, 1.54) is 26.1 Å². The molecular weight excluding hydrogens is 465 g/mol. The van der Waals surface area contributed by atoms with Crippen LogP contribution in [-0.4, -0.2) is 56.0 Å². The second-order valence-corrected chi connectivity index (χ2v) is 8.70. The second-order valence-electron chi connectivity index (χ2n) is 8.70. The quantitative estimate of drug-likeness (QED) is 0.576. The van der Waals surface area contributed by atoms with Gasteiger partial charge in [0.15, 0.2) is 5.52 Å². The van der Waals surface area contributed by atoms with Crippen LogP contribution in [-0.2, 0) is 10.9 Å². The van der Waals surface area contributed by atoms with E-state index in [0.29, 0.717) is 18.7 Å². The number of halogens is 3. The number of anilines is 1. The number of pyridine rings is 2. The summed E-state index contributed by atoms with van der Waals surface area (Å²) in [5.41, 5.74) is -1.94. The van der Waals surface area contributed by atoms with E-state index >= 15 is 0 Å². The minimum atomic E-state index is -4.71. The van der Waals surface area contributed by atoms with Crippen LogP contribution in [0.4, 0.5) is 19.0 Å². The Morgan fingerprint density at radius 1 is 1.23 bits per heavy atom. The van der Waals surface area contributed by atoms with Crippen LogP contribution in [0.2, 0.25) is 0 Å². The number of rotatable bonds is 4. The van der Waals surface area contributed by atoms with E-state index in [1.54, 1.807) is 11.0 Å². The molecule has 1 amide bonds. The van der Waals surface area contributed by atoms with Crippen LogP contribution in [0.15, 0.2) is 29.2 Å². The number of hydrogen-bond donors (Lipinski definition) is 2. The lowest BCUT2D eigenvalue weighted by molar-refractivity contribution is -0.138. The maximum atomic E-state index is 13.8. The van der Waals surface area contributed by atoms with Crippen molar-refractivity contribution < 1.29 is 22.7 Å². The number of aryl methyl sites for hydroxylation is 1. The molecule has 1 saturated heterocycles. The van der Waals surface area contributed by atoms with Crippen molar-refractivity contribution in [3.63, 3.8) is 0 Å². The van der Waals surface area contributed by atoms with E-state index in [1.807, 2.05) is 13.8 Å². The number of ether oxygens (including phenoxy) is 1. The van der Waals surface area contributed by atoms with Gasteiger partial charge in [-0.1, -0.05) is 0 Å². The number of fused-ring (bicyclic) bond motifs is 1. The van der Waals surface area contributed by atoms with Crippen molar-refractivity contribution in [2.45, 2.75) is 52.1 Å². The van der Waals surface area contributed by atoms with E-state index in [-0.39, 0.29) is 46.5 Å². The molecule has 12 heteroatoms. The molecule has 9 nitrogen and oxygen atoms in total. The minimum absolute atomic E-state index is 0.0823. The Morgan fingerprint density at radius 2 is 1.91 bits per heavy atom. The number of carbonyl (C=O) groups is 1. The lowest BCUT2D eigenvalue weighted by Gasteiger charge is -2.35. The summed E-state index contributed by atoms with van der Waals surface area (Å²) in [5, 5.41) is 2.87. The van der Waals surface area contributed by atoms with Gasteiger partial charge in [-0.2, -0.15) is 13.2 Å². The number of amides is 1. The number of nitrogens with zero attached hydrogens (tertiary/aromatic N) is 4. The van der Waals surface area contributed by atoms with E-state index in [2.05, 4.69) is 25.3 Å². The standard InChI is InChI=1S/C23H25F3N6O3/c1-11-9-32(10-12(2)35-11)22(34)15-5-6-18(27-8-15)28-13(3)19-16(23(24,25)26)7-17-20(31-19)21(33)30-14(4)29-17/h5-8,11-13H,9-10H2,1-4H3,(H,27,28)(H,29,30,33)/t11-,12+,13?. The SMILES string of the molecule is Cc1nc2cc(C(F)(F)F)c(C(C)Nc3ccc(C(=O)N4C[C@@H](C)O[C@@H](C)C4)cn3)nc2c(=O)[nH]1. The summed E-state index contributed by atoms with van der Waals surface area (Å²) in [6.07, 6.45) is -3.50. The number of carbonyl (C=O) groups excluding carboxylic acids is 1. The Balaban J connectivity index is 1.59. The predicted molar refractivity (Wildman–Crippen MR) is 122 cm³/mol. The van der Waals surface area contributed by atoms with E-state index in [0.717, 1.165) is 6.07 Å². The number of aromatic amines is 1. The molecule has 186 valence electrons. The zero-order valence-corrected chi connectivity index (χ0v) is 19.6. The fourth-order valence-electron chi connectivity index (χ4n) is 4.18. The van der Waals surface area contributed by atoms with Gasteiger partial charge in [0.2, 0.25) is 0 Å². The van der Waals surface area contributed by atoms with E-state index < -0.39 is 23.3 Å². The molecule has 0 spiro atoms. The minimum Gasteiger partial charge on any atom is -0.372 e. The third-order valence-electron chi connectivity index (χ3n) is 5.63. The van der Waals surface area contributed by atoms with Gasteiger partial charge in [-0.15, -0.1) is 0 Å². The third kappa shape index (κ3) is 5.26. The lowest BCUT2D eigenvalue weighted by Crippen LogP contribution is -2.48. The number of hydrogen-bond acceptors (Lipinski definition) is 7. The van der Waals surface area contributed by atoms with E-state index in [4.69, 9.17) is 4.74 Å². The summed E-state index contributed by atoms with van der Waals surface area (Å²) in [4.78, 5) is 41.4. The largest absolute Gasteiger partial charge is 0.418 e. The molecule has 0 aromatic carbocycles. The molecule has 0 radical (unpaired) electrons. The maximum absolute atomic E-state index is 13.8. The summed E-state index contributed by atoms with van der Waals surface area (Å²) in [6.45, 7) is 7.67. The highest BCUT2D eigenvalue weighted by Gasteiger charge is 2.36. The molecule has 0 bridgehead atoms. The van der Waals surface area contributed by atoms with Gasteiger partial charge < -0.3 is 19.9 Å². The van der Waals surface area contributed by atoms with Crippen LogP contribution in [0.25, 0.3) is 11.0 Å². The highest BCUT2D eigenvalue weighted by Crippen LogP contribution is 2.35. The number of alkyl halides is 3. The Labute approximate surface area is 198 Å². The molecule has 3 atom stereocenters. The zero-order chi connectivity index (χ0) is 25.5. The summed E-state index contributed by atoms with van der Waals surface area (Å²) >= 11 is 0. The molecule has 4 heterocycles. The highest BCUT2D eigenvalue weighted by molar-refractivity contribution is 5.94. The van der Waals surface area contributed by atoms with Crippen molar-refractivity contribution in [2.24, 2.45) is 0 Å². The molecule has 3 aromatic rings.